The molecule has 3 rings (SSSR count). The molecular formula is C19H13ClN2O4. The van der Waals surface area contributed by atoms with Crippen LogP contribution in [0.3, 0.4) is 0 Å². The lowest BCUT2D eigenvalue weighted by atomic mass is 10.1. The molecule has 1 amide bonds. The number of amides is 1. The number of halogens is 1. The maximum absolute atomic E-state index is 11.9. The molecule has 0 bridgehead atoms. The van der Waals surface area contributed by atoms with Crippen molar-refractivity contribution in [1.29, 1.82) is 0 Å². The Kier molecular flexibility index (Phi) is 5.15. The van der Waals surface area contributed by atoms with Crippen molar-refractivity contribution in [2.24, 2.45) is 5.10 Å². The number of furan rings is 1. The number of aromatic carboxylic acids is 1. The van der Waals surface area contributed by atoms with Crippen molar-refractivity contribution in [3.05, 3.63) is 82.6 Å². The third kappa shape index (κ3) is 4.17. The summed E-state index contributed by atoms with van der Waals surface area (Å²) >= 11 is 5.77. The van der Waals surface area contributed by atoms with Gasteiger partial charge in [-0.05, 0) is 48.5 Å². The highest BCUT2D eigenvalue weighted by molar-refractivity contribution is 6.30. The zero-order valence-corrected chi connectivity index (χ0v) is 14.1. The van der Waals surface area contributed by atoms with E-state index >= 15 is 0 Å². The fraction of sp³-hybridized carbons (Fsp3) is 0. The van der Waals surface area contributed by atoms with Crippen molar-refractivity contribution < 1.29 is 19.1 Å². The first-order valence-corrected chi connectivity index (χ1v) is 7.93. The molecule has 0 aliphatic heterocycles. The molecule has 6 nitrogen and oxygen atoms in total. The molecule has 2 N–H and O–H groups in total. The second-order valence-electron chi connectivity index (χ2n) is 5.29. The maximum Gasteiger partial charge on any atom is 0.335 e. The molecule has 0 fully saturated rings. The summed E-state index contributed by atoms with van der Waals surface area (Å²) in [5, 5.41) is 13.3. The van der Waals surface area contributed by atoms with Crippen LogP contribution in [0.4, 0.5) is 0 Å². The number of hydrogen-bond donors (Lipinski definition) is 2. The van der Waals surface area contributed by atoms with Crippen LogP contribution in [-0.4, -0.2) is 23.2 Å². The SMILES string of the molecule is O=C(O)c1ccc(-c2ccc(C=NNC(=O)c3ccc(Cl)cc3)o2)cc1. The highest BCUT2D eigenvalue weighted by atomic mass is 35.5. The number of nitrogens with one attached hydrogen (secondary N) is 1. The van der Waals surface area contributed by atoms with Gasteiger partial charge in [0.05, 0.1) is 11.8 Å². The summed E-state index contributed by atoms with van der Waals surface area (Å²) in [6.07, 6.45) is 1.38. The Bertz CT molecular complexity index is 960. The van der Waals surface area contributed by atoms with Gasteiger partial charge in [-0.1, -0.05) is 23.7 Å². The average Bonchev–Trinajstić information content (AvgIpc) is 3.11. The first-order valence-electron chi connectivity index (χ1n) is 7.55. The van der Waals surface area contributed by atoms with Crippen LogP contribution in [0.15, 0.2) is 70.2 Å². The zero-order valence-electron chi connectivity index (χ0n) is 13.3. The van der Waals surface area contributed by atoms with Gasteiger partial charge in [0.1, 0.15) is 11.5 Å². The minimum atomic E-state index is -0.986. The quantitative estimate of drug-likeness (QED) is 0.524. The van der Waals surface area contributed by atoms with Gasteiger partial charge in [-0.3, -0.25) is 4.79 Å². The monoisotopic (exact) mass is 368 g/mol. The molecule has 0 spiro atoms. The van der Waals surface area contributed by atoms with Crippen molar-refractivity contribution in [3.8, 4) is 11.3 Å². The van der Waals surface area contributed by atoms with E-state index in [0.717, 1.165) is 5.56 Å². The van der Waals surface area contributed by atoms with Crippen LogP contribution < -0.4 is 5.43 Å². The van der Waals surface area contributed by atoms with Crippen molar-refractivity contribution in [1.82, 2.24) is 5.43 Å². The Morgan fingerprint density at radius 1 is 0.962 bits per heavy atom. The summed E-state index contributed by atoms with van der Waals surface area (Å²) in [6, 6.07) is 16.2. The molecule has 0 aliphatic rings. The fourth-order valence-electron chi connectivity index (χ4n) is 2.17. The van der Waals surface area contributed by atoms with E-state index < -0.39 is 5.97 Å². The van der Waals surface area contributed by atoms with Crippen molar-refractivity contribution in [3.63, 3.8) is 0 Å². The molecule has 0 saturated carbocycles. The Morgan fingerprint density at radius 2 is 1.62 bits per heavy atom. The summed E-state index contributed by atoms with van der Waals surface area (Å²) in [7, 11) is 0. The minimum absolute atomic E-state index is 0.201. The smallest absolute Gasteiger partial charge is 0.335 e. The number of rotatable bonds is 5. The molecule has 26 heavy (non-hydrogen) atoms. The van der Waals surface area contributed by atoms with Gasteiger partial charge in [-0.2, -0.15) is 5.10 Å². The van der Waals surface area contributed by atoms with Crippen molar-refractivity contribution in [2.45, 2.75) is 0 Å². The molecule has 3 aromatic rings. The third-order valence-electron chi connectivity index (χ3n) is 3.51. The topological polar surface area (TPSA) is 91.9 Å². The van der Waals surface area contributed by atoms with Gasteiger partial charge >= 0.3 is 5.97 Å². The van der Waals surface area contributed by atoms with Crippen LogP contribution in [-0.2, 0) is 0 Å². The number of carbonyl (C=O) groups is 2. The highest BCUT2D eigenvalue weighted by Gasteiger charge is 2.07. The van der Waals surface area contributed by atoms with Crippen LogP contribution in [0, 0.1) is 0 Å². The first-order chi connectivity index (χ1) is 12.5. The van der Waals surface area contributed by atoms with E-state index in [9.17, 15) is 9.59 Å². The minimum Gasteiger partial charge on any atom is -0.478 e. The summed E-state index contributed by atoms with van der Waals surface area (Å²) < 4.78 is 5.61. The first kappa shape index (κ1) is 17.4. The maximum atomic E-state index is 11.9. The molecule has 130 valence electrons. The van der Waals surface area contributed by atoms with E-state index in [-0.39, 0.29) is 11.5 Å². The number of hydrogen-bond acceptors (Lipinski definition) is 4. The van der Waals surface area contributed by atoms with Gasteiger partial charge in [0, 0.05) is 16.1 Å². The average molecular weight is 369 g/mol. The van der Waals surface area contributed by atoms with Gasteiger partial charge in [0.25, 0.3) is 5.91 Å². The van der Waals surface area contributed by atoms with Crippen LogP contribution in [0.2, 0.25) is 5.02 Å². The lowest BCUT2D eigenvalue weighted by molar-refractivity contribution is 0.0696. The predicted molar refractivity (Wildman–Crippen MR) is 97.6 cm³/mol. The third-order valence-corrected chi connectivity index (χ3v) is 3.76. The second kappa shape index (κ2) is 7.67. The molecule has 0 unspecified atom stereocenters. The number of benzene rings is 2. The van der Waals surface area contributed by atoms with Crippen LogP contribution >= 0.6 is 11.6 Å². The van der Waals surface area contributed by atoms with E-state index in [4.69, 9.17) is 21.1 Å². The molecule has 1 aromatic heterocycles. The van der Waals surface area contributed by atoms with Crippen molar-refractivity contribution >= 4 is 29.7 Å². The Hall–Kier alpha value is -3.38. The van der Waals surface area contributed by atoms with Gasteiger partial charge in [-0.15, -0.1) is 0 Å². The fourth-order valence-corrected chi connectivity index (χ4v) is 2.30. The molecule has 0 atom stereocenters. The molecule has 1 heterocycles. The lowest BCUT2D eigenvalue weighted by Gasteiger charge is -1.99. The molecule has 0 radical (unpaired) electrons. The summed E-state index contributed by atoms with van der Waals surface area (Å²) in [6.45, 7) is 0. The number of carboxylic acid groups (broad SMARTS) is 1. The Labute approximate surface area is 153 Å². The van der Waals surface area contributed by atoms with Crippen LogP contribution in [0.25, 0.3) is 11.3 Å². The van der Waals surface area contributed by atoms with E-state index in [1.54, 1.807) is 48.5 Å². The number of nitrogens with zero attached hydrogens (tertiary/aromatic N) is 1. The number of hydrazone groups is 1. The molecule has 2 aromatic carbocycles. The number of carbonyl (C=O) groups excluding carboxylic acids is 1. The molecular weight excluding hydrogens is 356 g/mol. The van der Waals surface area contributed by atoms with E-state index in [1.165, 1.54) is 18.3 Å². The predicted octanol–water partition coefficient (Wildman–Crippen LogP) is 4.06. The lowest BCUT2D eigenvalue weighted by Crippen LogP contribution is -2.17. The van der Waals surface area contributed by atoms with Gasteiger partial charge in [0.2, 0.25) is 0 Å². The Morgan fingerprint density at radius 3 is 2.27 bits per heavy atom. The second-order valence-corrected chi connectivity index (χ2v) is 5.73. The van der Waals surface area contributed by atoms with Crippen LogP contribution in [0.1, 0.15) is 26.5 Å². The largest absolute Gasteiger partial charge is 0.478 e. The van der Waals surface area contributed by atoms with Gasteiger partial charge < -0.3 is 9.52 Å². The van der Waals surface area contributed by atoms with Gasteiger partial charge in [0.15, 0.2) is 0 Å². The Balaban J connectivity index is 1.64. The summed E-state index contributed by atoms with van der Waals surface area (Å²) in [4.78, 5) is 22.8. The van der Waals surface area contributed by atoms with E-state index in [2.05, 4.69) is 10.5 Å². The summed E-state index contributed by atoms with van der Waals surface area (Å²) in [5.74, 6) is -0.347. The molecule has 7 heteroatoms. The van der Waals surface area contributed by atoms with Crippen molar-refractivity contribution in [2.75, 3.05) is 0 Å². The zero-order chi connectivity index (χ0) is 18.5. The highest BCUT2D eigenvalue weighted by Crippen LogP contribution is 2.22. The van der Waals surface area contributed by atoms with E-state index in [1.807, 2.05) is 0 Å². The number of carboxylic acids is 1. The molecule has 0 saturated heterocycles. The normalized spacial score (nSPS) is 10.8. The van der Waals surface area contributed by atoms with E-state index in [0.29, 0.717) is 22.1 Å². The van der Waals surface area contributed by atoms with Gasteiger partial charge in [-0.25, -0.2) is 10.2 Å². The summed E-state index contributed by atoms with van der Waals surface area (Å²) in [5.41, 5.74) is 3.77. The molecule has 0 aliphatic carbocycles. The van der Waals surface area contributed by atoms with Crippen LogP contribution in [0.5, 0.6) is 0 Å². The standard InChI is InChI=1S/C19H13ClN2O4/c20-15-7-5-13(6-8-15)18(23)22-21-11-16-9-10-17(26-16)12-1-3-14(4-2-12)19(24)25/h1-11H,(H,22,23)(H,24,25).